The number of hydrogen-bond donors (Lipinski definition) is 3. The van der Waals surface area contributed by atoms with Crippen LogP contribution < -0.4 is 20.5 Å². The van der Waals surface area contributed by atoms with Crippen LogP contribution in [-0.4, -0.2) is 42.0 Å². The van der Waals surface area contributed by atoms with Crippen LogP contribution in [0.5, 0.6) is 11.5 Å². The number of carbonyl (C=O) groups is 2. The van der Waals surface area contributed by atoms with Crippen LogP contribution in [-0.2, 0) is 9.53 Å². The molecule has 2 atom stereocenters. The molecule has 0 unspecified atom stereocenters. The van der Waals surface area contributed by atoms with Crippen molar-refractivity contribution >= 4 is 12.1 Å². The maximum Gasteiger partial charge on any atom is 0.408 e. The van der Waals surface area contributed by atoms with Gasteiger partial charge in [0.05, 0.1) is 0 Å². The summed E-state index contributed by atoms with van der Waals surface area (Å²) in [5.74, 6) is 0.0221. The van der Waals surface area contributed by atoms with Gasteiger partial charge in [0.2, 0.25) is 0 Å². The highest BCUT2D eigenvalue weighted by molar-refractivity contribution is 5.80. The zero-order chi connectivity index (χ0) is 18.6. The minimum atomic E-state index is -1.18. The van der Waals surface area contributed by atoms with Crippen molar-refractivity contribution < 1.29 is 28.9 Å². The van der Waals surface area contributed by atoms with Crippen molar-refractivity contribution in [2.24, 2.45) is 5.73 Å². The molecule has 25 heavy (non-hydrogen) atoms. The number of amides is 1. The van der Waals surface area contributed by atoms with Crippen molar-refractivity contribution in [2.45, 2.75) is 44.9 Å². The first-order chi connectivity index (χ1) is 11.7. The Kier molecular flexibility index (Phi) is 5.73. The molecule has 138 valence electrons. The number of carboxylic acids is 1. The average molecular weight is 352 g/mol. The molecule has 1 amide bonds. The number of nitrogens with one attached hydrogen (secondary N) is 1. The summed E-state index contributed by atoms with van der Waals surface area (Å²) in [6.45, 7) is 6.03. The number of hydrogen-bond acceptors (Lipinski definition) is 6. The molecule has 2 rings (SSSR count). The van der Waals surface area contributed by atoms with E-state index >= 15 is 0 Å². The molecule has 4 N–H and O–H groups in total. The van der Waals surface area contributed by atoms with Gasteiger partial charge in [0, 0.05) is 6.04 Å². The van der Waals surface area contributed by atoms with E-state index in [0.29, 0.717) is 30.3 Å². The molecule has 0 saturated heterocycles. The fourth-order valence-electron chi connectivity index (χ4n) is 2.35. The summed E-state index contributed by atoms with van der Waals surface area (Å²) < 4.78 is 16.0. The number of carboxylic acid groups (broad SMARTS) is 1. The summed E-state index contributed by atoms with van der Waals surface area (Å²) in [5, 5.41) is 11.7. The Bertz CT molecular complexity index is 641. The summed E-state index contributed by atoms with van der Waals surface area (Å²) in [4.78, 5) is 23.2. The summed E-state index contributed by atoms with van der Waals surface area (Å²) in [6.07, 6.45) is -0.789. The zero-order valence-corrected chi connectivity index (χ0v) is 14.6. The Labute approximate surface area is 146 Å². The van der Waals surface area contributed by atoms with Crippen molar-refractivity contribution in [3.05, 3.63) is 23.8 Å². The highest BCUT2D eigenvalue weighted by atomic mass is 16.6. The van der Waals surface area contributed by atoms with Crippen LogP contribution in [0.3, 0.4) is 0 Å². The van der Waals surface area contributed by atoms with Crippen LogP contribution in [0, 0.1) is 0 Å². The predicted molar refractivity (Wildman–Crippen MR) is 89.8 cm³/mol. The van der Waals surface area contributed by atoms with Gasteiger partial charge in [-0.3, -0.25) is 0 Å². The first kappa shape index (κ1) is 18.9. The molecule has 1 aliphatic rings. The second-order valence-electron chi connectivity index (χ2n) is 6.78. The summed E-state index contributed by atoms with van der Waals surface area (Å²) in [5.41, 5.74) is 6.10. The van der Waals surface area contributed by atoms with Gasteiger partial charge < -0.3 is 30.4 Å². The van der Waals surface area contributed by atoms with Gasteiger partial charge in [0.25, 0.3) is 0 Å². The fraction of sp³-hybridized carbons (Fsp3) is 0.529. The van der Waals surface area contributed by atoms with Crippen LogP contribution >= 0.6 is 0 Å². The Morgan fingerprint density at radius 3 is 2.52 bits per heavy atom. The zero-order valence-electron chi connectivity index (χ0n) is 14.6. The molecule has 0 radical (unpaired) electrons. The number of rotatable bonds is 5. The van der Waals surface area contributed by atoms with Crippen molar-refractivity contribution in [1.29, 1.82) is 0 Å². The third-order valence-electron chi connectivity index (χ3n) is 3.47. The highest BCUT2D eigenvalue weighted by Gasteiger charge is 2.27. The van der Waals surface area contributed by atoms with E-state index < -0.39 is 29.7 Å². The lowest BCUT2D eigenvalue weighted by Gasteiger charge is -2.24. The largest absolute Gasteiger partial charge is 0.486 e. The quantitative estimate of drug-likeness (QED) is 0.739. The fourth-order valence-corrected chi connectivity index (χ4v) is 2.35. The average Bonchev–Trinajstić information content (AvgIpc) is 2.51. The van der Waals surface area contributed by atoms with E-state index in [0.717, 1.165) is 0 Å². The summed E-state index contributed by atoms with van der Waals surface area (Å²) in [6, 6.07) is 3.45. The number of alkyl carbamates (subject to hydrolysis) is 1. The predicted octanol–water partition coefficient (Wildman–Crippen LogP) is 1.83. The topological polar surface area (TPSA) is 120 Å². The Hall–Kier alpha value is -2.48. The molecule has 0 aliphatic carbocycles. The van der Waals surface area contributed by atoms with Gasteiger partial charge in [-0.25, -0.2) is 9.59 Å². The molecule has 0 fully saturated rings. The van der Waals surface area contributed by atoms with E-state index in [9.17, 15) is 14.7 Å². The third-order valence-corrected chi connectivity index (χ3v) is 3.47. The second-order valence-corrected chi connectivity index (χ2v) is 6.78. The molecule has 1 aromatic rings. The molecule has 1 heterocycles. The van der Waals surface area contributed by atoms with Crippen LogP contribution in [0.1, 0.15) is 38.8 Å². The van der Waals surface area contributed by atoms with Crippen LogP contribution in [0.2, 0.25) is 0 Å². The van der Waals surface area contributed by atoms with E-state index in [4.69, 9.17) is 19.9 Å². The Morgan fingerprint density at radius 1 is 1.28 bits per heavy atom. The van der Waals surface area contributed by atoms with Crippen molar-refractivity contribution in [2.75, 3.05) is 13.2 Å². The van der Waals surface area contributed by atoms with Crippen molar-refractivity contribution in [1.82, 2.24) is 5.32 Å². The van der Waals surface area contributed by atoms with Crippen LogP contribution in [0.25, 0.3) is 0 Å². The first-order valence-electron chi connectivity index (χ1n) is 8.03. The number of ether oxygens (including phenoxy) is 3. The Balaban J connectivity index is 2.03. The molecular weight excluding hydrogens is 328 g/mol. The maximum atomic E-state index is 11.8. The lowest BCUT2D eigenvalue weighted by molar-refractivity contribution is -0.139. The van der Waals surface area contributed by atoms with Gasteiger partial charge in [-0.2, -0.15) is 0 Å². The first-order valence-corrected chi connectivity index (χ1v) is 8.03. The highest BCUT2D eigenvalue weighted by Crippen LogP contribution is 2.33. The SMILES string of the molecule is CC(C)(C)OC(=O)N[C@@H](C[C@H](N)c1ccc2c(c1)OCCO2)C(=O)O. The third kappa shape index (κ3) is 5.53. The smallest absolute Gasteiger partial charge is 0.408 e. The second kappa shape index (κ2) is 7.60. The van der Waals surface area contributed by atoms with Gasteiger partial charge >= 0.3 is 12.1 Å². The van der Waals surface area contributed by atoms with E-state index in [1.54, 1.807) is 39.0 Å². The van der Waals surface area contributed by atoms with Gasteiger partial charge in [-0.1, -0.05) is 6.07 Å². The number of benzene rings is 1. The van der Waals surface area contributed by atoms with Crippen molar-refractivity contribution in [3.8, 4) is 11.5 Å². The van der Waals surface area contributed by atoms with Crippen molar-refractivity contribution in [3.63, 3.8) is 0 Å². The molecule has 1 aromatic carbocycles. The number of nitrogens with two attached hydrogens (primary N) is 1. The lowest BCUT2D eigenvalue weighted by Crippen LogP contribution is -2.44. The minimum absolute atomic E-state index is 0.00815. The molecule has 0 saturated carbocycles. The van der Waals surface area contributed by atoms with Gasteiger partial charge in [-0.05, 0) is 44.9 Å². The number of aliphatic carboxylic acids is 1. The molecule has 0 spiro atoms. The van der Waals surface area contributed by atoms with Crippen LogP contribution in [0.15, 0.2) is 18.2 Å². The number of fused-ring (bicyclic) bond motifs is 1. The number of carbonyl (C=O) groups excluding carboxylic acids is 1. The normalized spacial score (nSPS) is 15.8. The molecule has 0 bridgehead atoms. The summed E-state index contributed by atoms with van der Waals surface area (Å²) >= 11 is 0. The monoisotopic (exact) mass is 352 g/mol. The Morgan fingerprint density at radius 2 is 1.92 bits per heavy atom. The van der Waals surface area contributed by atoms with Gasteiger partial charge in [0.1, 0.15) is 24.9 Å². The minimum Gasteiger partial charge on any atom is -0.486 e. The summed E-state index contributed by atoms with van der Waals surface area (Å²) in [7, 11) is 0. The van der Waals surface area contributed by atoms with Gasteiger partial charge in [0.15, 0.2) is 11.5 Å². The molecule has 8 nitrogen and oxygen atoms in total. The van der Waals surface area contributed by atoms with E-state index in [-0.39, 0.29) is 6.42 Å². The molecule has 0 aromatic heterocycles. The van der Waals surface area contributed by atoms with Gasteiger partial charge in [-0.15, -0.1) is 0 Å². The maximum absolute atomic E-state index is 11.8. The van der Waals surface area contributed by atoms with E-state index in [1.165, 1.54) is 0 Å². The standard InChI is InChI=1S/C17H24N2O6/c1-17(2,3)25-16(22)19-12(15(20)21)9-11(18)10-4-5-13-14(8-10)24-7-6-23-13/h4-5,8,11-12H,6-7,9,18H2,1-3H3,(H,19,22)(H,20,21)/t11-,12-/m0/s1. The van der Waals surface area contributed by atoms with E-state index in [1.807, 2.05) is 0 Å². The molecule has 1 aliphatic heterocycles. The molecular formula is C17H24N2O6. The van der Waals surface area contributed by atoms with E-state index in [2.05, 4.69) is 5.32 Å². The molecule has 8 heteroatoms. The lowest BCUT2D eigenvalue weighted by atomic mass is 9.99. The van der Waals surface area contributed by atoms with Crippen LogP contribution in [0.4, 0.5) is 4.79 Å².